The fourth-order valence-electron chi connectivity index (χ4n) is 2.59. The molecule has 1 atom stereocenters. The number of aliphatic hydroxyl groups is 1. The highest BCUT2D eigenvalue weighted by molar-refractivity contribution is 4.99. The van der Waals surface area contributed by atoms with Crippen LogP contribution in [0.2, 0.25) is 0 Å². The van der Waals surface area contributed by atoms with Gasteiger partial charge in [0.15, 0.2) is 0 Å². The molecule has 0 aromatic heterocycles. The Morgan fingerprint density at radius 3 is 1.93 bits per heavy atom. The van der Waals surface area contributed by atoms with Gasteiger partial charge in [0.1, 0.15) is 0 Å². The minimum absolute atomic E-state index is 0.0162. The molecule has 0 bridgehead atoms. The summed E-state index contributed by atoms with van der Waals surface area (Å²) in [5.74, 6) is 1.13. The van der Waals surface area contributed by atoms with Crippen LogP contribution in [0.15, 0.2) is 0 Å². The van der Waals surface area contributed by atoms with Gasteiger partial charge < -0.3 is 5.11 Å². The van der Waals surface area contributed by atoms with Crippen LogP contribution in [0.4, 0.5) is 0 Å². The summed E-state index contributed by atoms with van der Waals surface area (Å²) in [6.07, 6.45) is 4.70. The van der Waals surface area contributed by atoms with Crippen molar-refractivity contribution in [2.75, 3.05) is 0 Å². The molecule has 0 radical (unpaired) electrons. The molecule has 1 N–H and O–H groups in total. The van der Waals surface area contributed by atoms with Gasteiger partial charge in [-0.05, 0) is 36.5 Å². The second-order valence-electron chi connectivity index (χ2n) is 6.40. The van der Waals surface area contributed by atoms with Crippen molar-refractivity contribution >= 4 is 0 Å². The lowest BCUT2D eigenvalue weighted by Gasteiger charge is -2.50. The Balaban J connectivity index is 2.77. The normalized spacial score (nSPS) is 23.4. The van der Waals surface area contributed by atoms with E-state index in [-0.39, 0.29) is 5.41 Å². The molecule has 1 fully saturated rings. The van der Waals surface area contributed by atoms with Crippen molar-refractivity contribution in [1.29, 1.82) is 0 Å². The first kappa shape index (κ1) is 12.0. The molecule has 0 aromatic rings. The molecule has 14 heavy (non-hydrogen) atoms. The molecule has 0 amide bonds. The summed E-state index contributed by atoms with van der Waals surface area (Å²) in [6, 6.07) is 0. The fourth-order valence-corrected chi connectivity index (χ4v) is 2.59. The first-order valence-electron chi connectivity index (χ1n) is 6.00. The Kier molecular flexibility index (Phi) is 3.30. The molecule has 0 aromatic carbocycles. The van der Waals surface area contributed by atoms with Crippen molar-refractivity contribution in [3.05, 3.63) is 0 Å². The van der Waals surface area contributed by atoms with Gasteiger partial charge in [-0.15, -0.1) is 0 Å². The maximum absolute atomic E-state index is 10.8. The third-order valence-corrected chi connectivity index (χ3v) is 3.80. The molecule has 0 aliphatic heterocycles. The van der Waals surface area contributed by atoms with Gasteiger partial charge in [0.2, 0.25) is 0 Å². The van der Waals surface area contributed by atoms with Crippen LogP contribution in [0, 0.1) is 17.3 Å². The van der Waals surface area contributed by atoms with E-state index in [1.165, 1.54) is 19.3 Å². The van der Waals surface area contributed by atoms with Gasteiger partial charge in [0, 0.05) is 0 Å². The first-order valence-corrected chi connectivity index (χ1v) is 6.00. The number of hydrogen-bond acceptors (Lipinski definition) is 1. The SMILES string of the molecule is CC(C)CC(O)(C1CCC1)C(C)(C)C. The van der Waals surface area contributed by atoms with Gasteiger partial charge in [0.25, 0.3) is 0 Å². The van der Waals surface area contributed by atoms with Gasteiger partial charge in [-0.2, -0.15) is 0 Å². The lowest BCUT2D eigenvalue weighted by atomic mass is 9.59. The Bertz CT molecular complexity index is 186. The average Bonchev–Trinajstić information content (AvgIpc) is 1.76. The molecule has 0 saturated heterocycles. The minimum atomic E-state index is -0.445. The van der Waals surface area contributed by atoms with E-state index in [0.717, 1.165) is 6.42 Å². The lowest BCUT2D eigenvalue weighted by Crippen LogP contribution is -2.52. The third-order valence-electron chi connectivity index (χ3n) is 3.80. The minimum Gasteiger partial charge on any atom is -0.389 e. The molecular formula is C13H26O. The molecular weight excluding hydrogens is 172 g/mol. The third kappa shape index (κ3) is 2.13. The summed E-state index contributed by atoms with van der Waals surface area (Å²) in [7, 11) is 0. The van der Waals surface area contributed by atoms with Crippen LogP contribution in [0.25, 0.3) is 0 Å². The van der Waals surface area contributed by atoms with E-state index in [2.05, 4.69) is 34.6 Å². The number of hydrogen-bond donors (Lipinski definition) is 1. The van der Waals surface area contributed by atoms with Crippen LogP contribution in [0.3, 0.4) is 0 Å². The van der Waals surface area contributed by atoms with Crippen molar-refractivity contribution in [2.45, 2.75) is 65.9 Å². The standard InChI is InChI=1S/C13H26O/c1-10(2)9-13(14,12(3,4)5)11-7-6-8-11/h10-11,14H,6-9H2,1-5H3. The molecule has 0 spiro atoms. The van der Waals surface area contributed by atoms with E-state index >= 15 is 0 Å². The molecule has 1 unspecified atom stereocenters. The smallest absolute Gasteiger partial charge is 0.0726 e. The second-order valence-corrected chi connectivity index (χ2v) is 6.40. The highest BCUT2D eigenvalue weighted by atomic mass is 16.3. The van der Waals surface area contributed by atoms with Crippen LogP contribution in [0.1, 0.15) is 60.3 Å². The zero-order valence-corrected chi connectivity index (χ0v) is 10.4. The highest BCUT2D eigenvalue weighted by Crippen LogP contribution is 2.48. The summed E-state index contributed by atoms with van der Waals surface area (Å²) in [4.78, 5) is 0. The average molecular weight is 198 g/mol. The topological polar surface area (TPSA) is 20.2 Å². The zero-order valence-electron chi connectivity index (χ0n) is 10.4. The van der Waals surface area contributed by atoms with Crippen LogP contribution >= 0.6 is 0 Å². The Morgan fingerprint density at radius 2 is 1.71 bits per heavy atom. The van der Waals surface area contributed by atoms with Crippen LogP contribution in [-0.2, 0) is 0 Å². The summed E-state index contributed by atoms with van der Waals surface area (Å²) in [5.41, 5.74) is -0.429. The Labute approximate surface area is 88.9 Å². The van der Waals surface area contributed by atoms with Crippen LogP contribution < -0.4 is 0 Å². The van der Waals surface area contributed by atoms with Crippen LogP contribution in [0.5, 0.6) is 0 Å². The van der Waals surface area contributed by atoms with Crippen molar-refractivity contribution in [2.24, 2.45) is 17.3 Å². The number of rotatable bonds is 3. The maximum Gasteiger partial charge on any atom is 0.0726 e. The summed E-state index contributed by atoms with van der Waals surface area (Å²) in [5, 5.41) is 10.8. The molecule has 1 aliphatic carbocycles. The maximum atomic E-state index is 10.8. The van der Waals surface area contributed by atoms with Crippen molar-refractivity contribution in [3.8, 4) is 0 Å². The Morgan fingerprint density at radius 1 is 1.21 bits per heavy atom. The van der Waals surface area contributed by atoms with E-state index in [1.807, 2.05) is 0 Å². The summed E-state index contributed by atoms with van der Waals surface area (Å²) >= 11 is 0. The molecule has 84 valence electrons. The summed E-state index contributed by atoms with van der Waals surface area (Å²) < 4.78 is 0. The fraction of sp³-hybridized carbons (Fsp3) is 1.00. The van der Waals surface area contributed by atoms with Crippen molar-refractivity contribution in [3.63, 3.8) is 0 Å². The van der Waals surface area contributed by atoms with Crippen molar-refractivity contribution < 1.29 is 5.11 Å². The van der Waals surface area contributed by atoms with Gasteiger partial charge in [-0.3, -0.25) is 0 Å². The van der Waals surface area contributed by atoms with Crippen LogP contribution in [-0.4, -0.2) is 10.7 Å². The Hall–Kier alpha value is -0.0400. The largest absolute Gasteiger partial charge is 0.389 e. The molecule has 1 nitrogen and oxygen atoms in total. The quantitative estimate of drug-likeness (QED) is 0.734. The molecule has 0 heterocycles. The van der Waals surface area contributed by atoms with E-state index in [4.69, 9.17) is 0 Å². The summed E-state index contributed by atoms with van der Waals surface area (Å²) in [6.45, 7) is 10.9. The highest BCUT2D eigenvalue weighted by Gasteiger charge is 2.48. The molecule has 1 heteroatoms. The zero-order chi connectivity index (χ0) is 11.0. The first-order chi connectivity index (χ1) is 6.27. The predicted molar refractivity (Wildman–Crippen MR) is 61.2 cm³/mol. The second kappa shape index (κ2) is 3.84. The van der Waals surface area contributed by atoms with E-state index in [0.29, 0.717) is 11.8 Å². The van der Waals surface area contributed by atoms with Gasteiger partial charge in [-0.25, -0.2) is 0 Å². The molecule has 1 saturated carbocycles. The van der Waals surface area contributed by atoms with E-state index in [9.17, 15) is 5.11 Å². The predicted octanol–water partition coefficient (Wildman–Crippen LogP) is 3.61. The van der Waals surface area contributed by atoms with Gasteiger partial charge in [-0.1, -0.05) is 41.0 Å². The van der Waals surface area contributed by atoms with Gasteiger partial charge in [0.05, 0.1) is 5.60 Å². The van der Waals surface area contributed by atoms with E-state index in [1.54, 1.807) is 0 Å². The monoisotopic (exact) mass is 198 g/mol. The van der Waals surface area contributed by atoms with E-state index < -0.39 is 5.60 Å². The lowest BCUT2D eigenvalue weighted by molar-refractivity contribution is -0.139. The molecule has 1 rings (SSSR count). The van der Waals surface area contributed by atoms with Gasteiger partial charge >= 0.3 is 0 Å². The van der Waals surface area contributed by atoms with Crippen molar-refractivity contribution in [1.82, 2.24) is 0 Å². The molecule has 1 aliphatic rings.